The third-order valence-corrected chi connectivity index (χ3v) is 2.92. The molecular weight excluding hydrogens is 258 g/mol. The van der Waals surface area contributed by atoms with Gasteiger partial charge in [0.15, 0.2) is 11.4 Å². The molecule has 2 aromatic heterocycles. The lowest BCUT2D eigenvalue weighted by Crippen LogP contribution is -2.09. The van der Waals surface area contributed by atoms with Crippen molar-refractivity contribution in [3.63, 3.8) is 0 Å². The van der Waals surface area contributed by atoms with Crippen molar-refractivity contribution in [2.24, 2.45) is 0 Å². The Balaban J connectivity index is 2.16. The average molecular weight is 275 g/mol. The van der Waals surface area contributed by atoms with E-state index in [-0.39, 0.29) is 18.1 Å². The van der Waals surface area contributed by atoms with Gasteiger partial charge in [-0.3, -0.25) is 4.68 Å². The highest BCUT2D eigenvalue weighted by Crippen LogP contribution is 2.17. The van der Waals surface area contributed by atoms with Crippen LogP contribution >= 0.6 is 0 Å². The van der Waals surface area contributed by atoms with E-state index in [0.717, 1.165) is 24.4 Å². The monoisotopic (exact) mass is 275 g/mol. The minimum atomic E-state index is -1.10. The van der Waals surface area contributed by atoms with Crippen LogP contribution in [0, 0.1) is 0 Å². The zero-order valence-corrected chi connectivity index (χ0v) is 11.5. The largest absolute Gasteiger partial charge is 0.485 e. The van der Waals surface area contributed by atoms with E-state index in [0.29, 0.717) is 0 Å². The molecule has 106 valence electrons. The molecule has 0 aliphatic heterocycles. The summed E-state index contributed by atoms with van der Waals surface area (Å²) in [7, 11) is 0. The van der Waals surface area contributed by atoms with E-state index in [1.165, 1.54) is 6.20 Å². The molecular formula is C14H17N3O3. The minimum absolute atomic E-state index is 0.0780. The molecule has 1 N–H and O–H groups in total. The first-order valence-electron chi connectivity index (χ1n) is 6.52. The molecule has 0 bridgehead atoms. The SMILES string of the molecule is CCc1cc(COc2cccnc2C(=O)O)n(CC)n1. The van der Waals surface area contributed by atoms with Gasteiger partial charge < -0.3 is 9.84 Å². The lowest BCUT2D eigenvalue weighted by Gasteiger charge is -2.09. The maximum atomic E-state index is 11.0. The van der Waals surface area contributed by atoms with Gasteiger partial charge in [0.2, 0.25) is 0 Å². The van der Waals surface area contributed by atoms with Gasteiger partial charge in [0, 0.05) is 12.7 Å². The molecule has 0 radical (unpaired) electrons. The summed E-state index contributed by atoms with van der Waals surface area (Å²) < 4.78 is 7.44. The molecule has 0 saturated carbocycles. The fourth-order valence-electron chi connectivity index (χ4n) is 1.90. The van der Waals surface area contributed by atoms with Crippen molar-refractivity contribution in [2.45, 2.75) is 33.4 Å². The van der Waals surface area contributed by atoms with Crippen molar-refractivity contribution < 1.29 is 14.6 Å². The van der Waals surface area contributed by atoms with Crippen molar-refractivity contribution in [1.29, 1.82) is 0 Å². The summed E-state index contributed by atoms with van der Waals surface area (Å²) in [5.74, 6) is -0.833. The molecule has 20 heavy (non-hydrogen) atoms. The third-order valence-electron chi connectivity index (χ3n) is 2.92. The van der Waals surface area contributed by atoms with E-state index in [4.69, 9.17) is 9.84 Å². The number of ether oxygens (including phenoxy) is 1. The van der Waals surface area contributed by atoms with Crippen molar-refractivity contribution in [3.05, 3.63) is 41.5 Å². The van der Waals surface area contributed by atoms with Crippen molar-refractivity contribution in [3.8, 4) is 5.75 Å². The highest BCUT2D eigenvalue weighted by Gasteiger charge is 2.13. The first-order chi connectivity index (χ1) is 9.65. The van der Waals surface area contributed by atoms with Gasteiger partial charge in [-0.2, -0.15) is 5.10 Å². The molecule has 0 aliphatic carbocycles. The number of aromatic carboxylic acids is 1. The molecule has 6 heteroatoms. The Labute approximate surface area is 117 Å². The van der Waals surface area contributed by atoms with Crippen molar-refractivity contribution >= 4 is 5.97 Å². The highest BCUT2D eigenvalue weighted by atomic mass is 16.5. The van der Waals surface area contributed by atoms with Gasteiger partial charge >= 0.3 is 5.97 Å². The zero-order chi connectivity index (χ0) is 14.5. The van der Waals surface area contributed by atoms with Crippen LogP contribution in [0.25, 0.3) is 0 Å². The minimum Gasteiger partial charge on any atom is -0.485 e. The fourth-order valence-corrected chi connectivity index (χ4v) is 1.90. The predicted molar refractivity (Wildman–Crippen MR) is 72.8 cm³/mol. The first kappa shape index (κ1) is 14.0. The van der Waals surface area contributed by atoms with Gasteiger partial charge in [0.1, 0.15) is 6.61 Å². The van der Waals surface area contributed by atoms with Crippen LogP contribution in [0.4, 0.5) is 0 Å². The van der Waals surface area contributed by atoms with Crippen LogP contribution in [-0.2, 0) is 19.6 Å². The Kier molecular flexibility index (Phi) is 4.34. The molecule has 0 saturated heterocycles. The standard InChI is InChI=1S/C14H17N3O3/c1-3-10-8-11(17(4-2)16-10)9-20-12-6-5-7-15-13(12)14(18)19/h5-8H,3-4,9H2,1-2H3,(H,18,19). The number of rotatable bonds is 6. The number of aryl methyl sites for hydroxylation is 2. The Hall–Kier alpha value is -2.37. The second kappa shape index (κ2) is 6.18. The van der Waals surface area contributed by atoms with Gasteiger partial charge in [0.05, 0.1) is 11.4 Å². The molecule has 2 heterocycles. The summed E-state index contributed by atoms with van der Waals surface area (Å²) in [4.78, 5) is 14.9. The maximum absolute atomic E-state index is 11.0. The number of carbonyl (C=O) groups is 1. The number of aromatic nitrogens is 3. The summed E-state index contributed by atoms with van der Waals surface area (Å²) in [6.45, 7) is 5.06. The second-order valence-corrected chi connectivity index (χ2v) is 4.24. The molecule has 0 spiro atoms. The quantitative estimate of drug-likeness (QED) is 0.874. The number of hydrogen-bond acceptors (Lipinski definition) is 4. The molecule has 0 aromatic carbocycles. The van der Waals surface area contributed by atoms with Crippen LogP contribution in [-0.4, -0.2) is 25.8 Å². The van der Waals surface area contributed by atoms with Gasteiger partial charge in [-0.05, 0) is 31.5 Å². The van der Waals surface area contributed by atoms with Gasteiger partial charge in [-0.1, -0.05) is 6.92 Å². The maximum Gasteiger partial charge on any atom is 0.358 e. The first-order valence-corrected chi connectivity index (χ1v) is 6.52. The topological polar surface area (TPSA) is 77.2 Å². The molecule has 2 aromatic rings. The number of nitrogens with zero attached hydrogens (tertiary/aromatic N) is 3. The summed E-state index contributed by atoms with van der Waals surface area (Å²) in [6, 6.07) is 5.22. The Morgan fingerprint density at radius 3 is 2.90 bits per heavy atom. The fraction of sp³-hybridized carbons (Fsp3) is 0.357. The molecule has 2 rings (SSSR count). The lowest BCUT2D eigenvalue weighted by atomic mass is 10.3. The van der Waals surface area contributed by atoms with Crippen LogP contribution in [0.3, 0.4) is 0 Å². The molecule has 6 nitrogen and oxygen atoms in total. The molecule has 0 unspecified atom stereocenters. The van der Waals surface area contributed by atoms with E-state index in [9.17, 15) is 4.79 Å². The summed E-state index contributed by atoms with van der Waals surface area (Å²) in [5, 5.41) is 13.5. The van der Waals surface area contributed by atoms with E-state index in [2.05, 4.69) is 10.1 Å². The second-order valence-electron chi connectivity index (χ2n) is 4.24. The summed E-state index contributed by atoms with van der Waals surface area (Å²) in [6.07, 6.45) is 2.29. The van der Waals surface area contributed by atoms with Crippen LogP contribution in [0.2, 0.25) is 0 Å². The van der Waals surface area contributed by atoms with Crippen LogP contribution < -0.4 is 4.74 Å². The number of pyridine rings is 1. The van der Waals surface area contributed by atoms with E-state index >= 15 is 0 Å². The zero-order valence-electron chi connectivity index (χ0n) is 11.5. The number of hydrogen-bond donors (Lipinski definition) is 1. The summed E-state index contributed by atoms with van der Waals surface area (Å²) in [5.41, 5.74) is 1.84. The smallest absolute Gasteiger partial charge is 0.358 e. The lowest BCUT2D eigenvalue weighted by molar-refractivity contribution is 0.0684. The predicted octanol–water partition coefficient (Wildman–Crippen LogP) is 2.14. The van der Waals surface area contributed by atoms with Crippen LogP contribution in [0.15, 0.2) is 24.4 Å². The third kappa shape index (κ3) is 2.96. The summed E-state index contributed by atoms with van der Waals surface area (Å²) >= 11 is 0. The van der Waals surface area contributed by atoms with Crippen molar-refractivity contribution in [1.82, 2.24) is 14.8 Å². The van der Waals surface area contributed by atoms with Crippen LogP contribution in [0.5, 0.6) is 5.75 Å². The van der Waals surface area contributed by atoms with E-state index in [1.54, 1.807) is 12.1 Å². The molecule has 0 atom stereocenters. The van der Waals surface area contributed by atoms with Gasteiger partial charge in [-0.25, -0.2) is 9.78 Å². The van der Waals surface area contributed by atoms with Crippen LogP contribution in [0.1, 0.15) is 35.7 Å². The van der Waals surface area contributed by atoms with Crippen molar-refractivity contribution in [2.75, 3.05) is 0 Å². The Morgan fingerprint density at radius 1 is 1.45 bits per heavy atom. The van der Waals surface area contributed by atoms with Gasteiger partial charge in [-0.15, -0.1) is 0 Å². The number of carboxylic acids is 1. The molecule has 0 fully saturated rings. The molecule has 0 aliphatic rings. The van der Waals surface area contributed by atoms with Gasteiger partial charge in [0.25, 0.3) is 0 Å². The van der Waals surface area contributed by atoms with E-state index in [1.807, 2.05) is 24.6 Å². The average Bonchev–Trinajstić information content (AvgIpc) is 2.87. The number of carboxylic acid groups (broad SMARTS) is 1. The Bertz CT molecular complexity index is 607. The Morgan fingerprint density at radius 2 is 2.25 bits per heavy atom. The molecule has 0 amide bonds. The van der Waals surface area contributed by atoms with E-state index < -0.39 is 5.97 Å². The normalized spacial score (nSPS) is 10.5. The highest BCUT2D eigenvalue weighted by molar-refractivity contribution is 5.88.